The van der Waals surface area contributed by atoms with Crippen LogP contribution in [0.1, 0.15) is 11.1 Å². The van der Waals surface area contributed by atoms with E-state index in [2.05, 4.69) is 5.32 Å². The Kier molecular flexibility index (Phi) is 5.17. The van der Waals surface area contributed by atoms with Gasteiger partial charge in [0.15, 0.2) is 11.5 Å². The van der Waals surface area contributed by atoms with E-state index >= 15 is 0 Å². The highest BCUT2D eigenvalue weighted by molar-refractivity contribution is 8.26. The topological polar surface area (TPSA) is 47.6 Å². The summed E-state index contributed by atoms with van der Waals surface area (Å²) in [5, 5.41) is 2.61. The zero-order valence-corrected chi connectivity index (χ0v) is 14.6. The molecule has 1 N–H and O–H groups in total. The average Bonchev–Trinajstić information content (AvgIpc) is 2.91. The van der Waals surface area contributed by atoms with Crippen molar-refractivity contribution in [2.45, 2.75) is 6.61 Å². The number of methoxy groups -OCH3 is 1. The van der Waals surface area contributed by atoms with Crippen LogP contribution in [0.15, 0.2) is 53.4 Å². The third-order valence-corrected chi connectivity index (χ3v) is 4.52. The first kappa shape index (κ1) is 16.5. The molecule has 1 aliphatic rings. The SMILES string of the molecule is COc1ccccc1OCc1cccc(C=C2SC(=S)NC2=O)c1. The Morgan fingerprint density at radius 3 is 2.67 bits per heavy atom. The third kappa shape index (κ3) is 3.96. The quantitative estimate of drug-likeness (QED) is 0.652. The molecule has 6 heteroatoms. The van der Waals surface area contributed by atoms with Crippen LogP contribution in [-0.4, -0.2) is 17.3 Å². The zero-order chi connectivity index (χ0) is 16.9. The highest BCUT2D eigenvalue weighted by Crippen LogP contribution is 2.28. The van der Waals surface area contributed by atoms with Gasteiger partial charge in [-0.25, -0.2) is 0 Å². The molecular weight excluding hydrogens is 342 g/mol. The van der Waals surface area contributed by atoms with Gasteiger partial charge in [0.2, 0.25) is 0 Å². The van der Waals surface area contributed by atoms with E-state index in [4.69, 9.17) is 21.7 Å². The fourth-order valence-electron chi connectivity index (χ4n) is 2.24. The third-order valence-electron chi connectivity index (χ3n) is 3.35. The van der Waals surface area contributed by atoms with Gasteiger partial charge in [0.1, 0.15) is 10.9 Å². The van der Waals surface area contributed by atoms with Gasteiger partial charge in [-0.15, -0.1) is 0 Å². The van der Waals surface area contributed by atoms with Crippen molar-refractivity contribution < 1.29 is 14.3 Å². The molecule has 122 valence electrons. The van der Waals surface area contributed by atoms with E-state index in [-0.39, 0.29) is 5.91 Å². The Balaban J connectivity index is 1.73. The van der Waals surface area contributed by atoms with Gasteiger partial charge < -0.3 is 14.8 Å². The molecule has 0 atom stereocenters. The number of hydrogen-bond acceptors (Lipinski definition) is 5. The molecule has 0 saturated carbocycles. The summed E-state index contributed by atoms with van der Waals surface area (Å²) < 4.78 is 11.6. The Labute approximate surface area is 149 Å². The summed E-state index contributed by atoms with van der Waals surface area (Å²) in [4.78, 5) is 12.3. The summed E-state index contributed by atoms with van der Waals surface area (Å²) in [6.45, 7) is 0.412. The second kappa shape index (κ2) is 7.51. The van der Waals surface area contributed by atoms with Crippen molar-refractivity contribution in [2.24, 2.45) is 0 Å². The molecule has 0 aromatic heterocycles. The molecule has 1 amide bonds. The predicted octanol–water partition coefficient (Wildman–Crippen LogP) is 3.76. The van der Waals surface area contributed by atoms with Gasteiger partial charge in [0, 0.05) is 0 Å². The Hall–Kier alpha value is -2.31. The Morgan fingerprint density at radius 1 is 1.17 bits per heavy atom. The number of rotatable bonds is 5. The zero-order valence-electron chi connectivity index (χ0n) is 12.9. The van der Waals surface area contributed by atoms with E-state index in [9.17, 15) is 4.79 Å². The van der Waals surface area contributed by atoms with E-state index in [1.54, 1.807) is 7.11 Å². The maximum absolute atomic E-state index is 11.7. The summed E-state index contributed by atoms with van der Waals surface area (Å²) in [6.07, 6.45) is 1.83. The average molecular weight is 357 g/mol. The molecule has 4 nitrogen and oxygen atoms in total. The molecule has 3 rings (SSSR count). The van der Waals surface area contributed by atoms with Crippen molar-refractivity contribution in [1.29, 1.82) is 0 Å². The van der Waals surface area contributed by atoms with Gasteiger partial charge in [0.25, 0.3) is 5.91 Å². The number of thioether (sulfide) groups is 1. The van der Waals surface area contributed by atoms with Crippen LogP contribution in [0.4, 0.5) is 0 Å². The standard InChI is InChI=1S/C18H15NO3S2/c1-21-14-7-2-3-8-15(14)22-11-13-6-4-5-12(9-13)10-16-17(20)19-18(23)24-16/h2-10H,11H2,1H3,(H,19,20,23). The molecule has 24 heavy (non-hydrogen) atoms. The first-order chi connectivity index (χ1) is 11.7. The molecule has 2 aromatic rings. The minimum Gasteiger partial charge on any atom is -0.493 e. The number of hydrogen-bond donors (Lipinski definition) is 1. The van der Waals surface area contributed by atoms with Crippen LogP contribution < -0.4 is 14.8 Å². The van der Waals surface area contributed by atoms with Crippen LogP contribution in [0.5, 0.6) is 11.5 Å². The number of ether oxygens (including phenoxy) is 2. The van der Waals surface area contributed by atoms with Crippen molar-refractivity contribution in [3.8, 4) is 11.5 Å². The number of para-hydroxylation sites is 2. The molecule has 0 spiro atoms. The lowest BCUT2D eigenvalue weighted by molar-refractivity contribution is -0.115. The van der Waals surface area contributed by atoms with Crippen LogP contribution >= 0.6 is 24.0 Å². The molecule has 1 fully saturated rings. The number of nitrogens with one attached hydrogen (secondary N) is 1. The molecule has 0 aliphatic carbocycles. The molecule has 1 heterocycles. The lowest BCUT2D eigenvalue weighted by atomic mass is 10.1. The lowest BCUT2D eigenvalue weighted by Gasteiger charge is -2.10. The van der Waals surface area contributed by atoms with Gasteiger partial charge in [-0.05, 0) is 35.4 Å². The Bertz CT molecular complexity index is 817. The van der Waals surface area contributed by atoms with E-state index in [0.29, 0.717) is 27.3 Å². The Morgan fingerprint density at radius 2 is 1.96 bits per heavy atom. The molecule has 1 saturated heterocycles. The number of amides is 1. The molecule has 0 radical (unpaired) electrons. The van der Waals surface area contributed by atoms with Crippen LogP contribution in [0, 0.1) is 0 Å². The van der Waals surface area contributed by atoms with Crippen LogP contribution in [0.2, 0.25) is 0 Å². The molecule has 0 bridgehead atoms. The summed E-state index contributed by atoms with van der Waals surface area (Å²) in [5.74, 6) is 1.24. The number of carbonyl (C=O) groups is 1. The van der Waals surface area contributed by atoms with Crippen molar-refractivity contribution in [1.82, 2.24) is 5.32 Å². The van der Waals surface area contributed by atoms with Gasteiger partial charge in [-0.1, -0.05) is 54.3 Å². The fraction of sp³-hybridized carbons (Fsp3) is 0.111. The van der Waals surface area contributed by atoms with Gasteiger partial charge in [-0.2, -0.15) is 0 Å². The highest BCUT2D eigenvalue weighted by atomic mass is 32.2. The van der Waals surface area contributed by atoms with Gasteiger partial charge in [-0.3, -0.25) is 4.79 Å². The van der Waals surface area contributed by atoms with Crippen molar-refractivity contribution >= 4 is 40.3 Å². The maximum atomic E-state index is 11.7. The molecule has 1 aliphatic heterocycles. The van der Waals surface area contributed by atoms with Crippen LogP contribution in [0.3, 0.4) is 0 Å². The second-order valence-corrected chi connectivity index (χ2v) is 6.76. The maximum Gasteiger partial charge on any atom is 0.263 e. The lowest BCUT2D eigenvalue weighted by Crippen LogP contribution is -2.17. The minimum atomic E-state index is -0.152. The molecular formula is C18H15NO3S2. The summed E-state index contributed by atoms with van der Waals surface area (Å²) in [6, 6.07) is 15.4. The predicted molar refractivity (Wildman–Crippen MR) is 100 cm³/mol. The van der Waals surface area contributed by atoms with Crippen molar-refractivity contribution in [2.75, 3.05) is 7.11 Å². The minimum absolute atomic E-state index is 0.152. The molecule has 2 aromatic carbocycles. The van der Waals surface area contributed by atoms with E-state index < -0.39 is 0 Å². The first-order valence-electron chi connectivity index (χ1n) is 7.25. The second-order valence-electron chi connectivity index (χ2n) is 5.04. The van der Waals surface area contributed by atoms with Crippen molar-refractivity contribution in [3.63, 3.8) is 0 Å². The van der Waals surface area contributed by atoms with Gasteiger partial charge >= 0.3 is 0 Å². The van der Waals surface area contributed by atoms with Gasteiger partial charge in [0.05, 0.1) is 12.0 Å². The van der Waals surface area contributed by atoms with Crippen molar-refractivity contribution in [3.05, 3.63) is 64.6 Å². The summed E-state index contributed by atoms with van der Waals surface area (Å²) >= 11 is 6.27. The molecule has 0 unspecified atom stereocenters. The van der Waals surface area contributed by atoms with Crippen LogP contribution in [0.25, 0.3) is 6.08 Å². The summed E-state index contributed by atoms with van der Waals surface area (Å²) in [7, 11) is 1.61. The summed E-state index contributed by atoms with van der Waals surface area (Å²) in [5.41, 5.74) is 1.93. The smallest absolute Gasteiger partial charge is 0.263 e. The fourth-order valence-corrected chi connectivity index (χ4v) is 3.29. The number of carbonyl (C=O) groups excluding carboxylic acids is 1. The monoisotopic (exact) mass is 357 g/mol. The largest absolute Gasteiger partial charge is 0.493 e. The van der Waals surface area contributed by atoms with Crippen LogP contribution in [-0.2, 0) is 11.4 Å². The van der Waals surface area contributed by atoms with E-state index in [1.165, 1.54) is 11.8 Å². The number of benzene rings is 2. The number of thiocarbonyl (C=S) groups is 1. The van der Waals surface area contributed by atoms with E-state index in [1.807, 2.05) is 54.6 Å². The first-order valence-corrected chi connectivity index (χ1v) is 8.48. The highest BCUT2D eigenvalue weighted by Gasteiger charge is 2.21. The normalized spacial score (nSPS) is 15.5. The van der Waals surface area contributed by atoms with E-state index in [0.717, 1.165) is 11.1 Å².